The van der Waals surface area contributed by atoms with Gasteiger partial charge in [-0.2, -0.15) is 18.2 Å². The van der Waals surface area contributed by atoms with E-state index in [1.165, 1.54) is 4.90 Å². The lowest BCUT2D eigenvalue weighted by molar-refractivity contribution is -0.141. The zero-order valence-corrected chi connectivity index (χ0v) is 7.91. The molecule has 0 bridgehead atoms. The van der Waals surface area contributed by atoms with Gasteiger partial charge in [0.15, 0.2) is 5.69 Å². The molecule has 0 saturated carbocycles. The second-order valence-corrected chi connectivity index (χ2v) is 3.32. The highest BCUT2D eigenvalue weighted by Gasteiger charge is 2.42. The molecule has 16 heavy (non-hydrogen) atoms. The molecule has 2 rings (SSSR count). The van der Waals surface area contributed by atoms with E-state index in [2.05, 4.69) is 9.40 Å². The number of oxazole rings is 1. The second kappa shape index (κ2) is 3.39. The van der Waals surface area contributed by atoms with E-state index in [9.17, 15) is 18.0 Å². The number of carboxylic acids is 1. The van der Waals surface area contributed by atoms with Crippen LogP contribution in [0.15, 0.2) is 4.42 Å². The Labute approximate surface area is 87.5 Å². The lowest BCUT2D eigenvalue weighted by Gasteiger charge is -2.28. The van der Waals surface area contributed by atoms with Crippen LogP contribution in [0.2, 0.25) is 0 Å². The molecule has 0 aliphatic carbocycles. The summed E-state index contributed by atoms with van der Waals surface area (Å²) >= 11 is 0. The summed E-state index contributed by atoms with van der Waals surface area (Å²) in [6.45, 7) is 1.05. The number of alkyl halides is 3. The lowest BCUT2D eigenvalue weighted by Crippen LogP contribution is -2.37. The minimum absolute atomic E-state index is 0.282. The molecule has 1 saturated heterocycles. The van der Waals surface area contributed by atoms with Crippen LogP contribution in [0.3, 0.4) is 0 Å². The van der Waals surface area contributed by atoms with Gasteiger partial charge in [0.1, 0.15) is 0 Å². The van der Waals surface area contributed by atoms with Crippen LogP contribution in [0, 0.1) is 0 Å². The molecule has 0 amide bonds. The molecule has 5 nitrogen and oxygen atoms in total. The summed E-state index contributed by atoms with van der Waals surface area (Å²) in [6, 6.07) is -0.282. The molecule has 8 heteroatoms. The maximum Gasteiger partial charge on any atom is 0.437 e. The molecule has 1 aromatic heterocycles. The quantitative estimate of drug-likeness (QED) is 0.844. The third kappa shape index (κ3) is 1.70. The Balaban J connectivity index is 2.41. The van der Waals surface area contributed by atoms with Crippen LogP contribution in [0.1, 0.15) is 22.7 Å². The molecule has 1 aliphatic heterocycles. The highest BCUT2D eigenvalue weighted by atomic mass is 19.4. The Bertz CT molecular complexity index is 423. The molecule has 2 heterocycles. The van der Waals surface area contributed by atoms with Crippen molar-refractivity contribution >= 4 is 12.0 Å². The first kappa shape index (κ1) is 10.8. The van der Waals surface area contributed by atoms with E-state index in [1.807, 2.05) is 0 Å². The number of carboxylic acid groups (broad SMARTS) is 1. The van der Waals surface area contributed by atoms with Crippen molar-refractivity contribution in [3.05, 3.63) is 11.5 Å². The fraction of sp³-hybridized carbons (Fsp3) is 0.500. The minimum atomic E-state index is -4.82. The number of anilines is 1. The second-order valence-electron chi connectivity index (χ2n) is 3.32. The van der Waals surface area contributed by atoms with Crippen molar-refractivity contribution in [2.45, 2.75) is 12.6 Å². The molecule has 0 unspecified atom stereocenters. The zero-order valence-electron chi connectivity index (χ0n) is 7.91. The first-order valence-electron chi connectivity index (χ1n) is 4.46. The third-order valence-corrected chi connectivity index (χ3v) is 2.21. The van der Waals surface area contributed by atoms with Crippen molar-refractivity contribution in [1.29, 1.82) is 0 Å². The number of nitrogens with zero attached hydrogens (tertiary/aromatic N) is 2. The van der Waals surface area contributed by atoms with Crippen molar-refractivity contribution < 1.29 is 27.5 Å². The molecule has 1 aliphatic rings. The summed E-state index contributed by atoms with van der Waals surface area (Å²) in [5.74, 6) is -2.93. The number of aromatic carboxylic acids is 1. The van der Waals surface area contributed by atoms with Crippen molar-refractivity contribution in [3.8, 4) is 0 Å². The number of halogens is 3. The Morgan fingerprint density at radius 3 is 2.38 bits per heavy atom. The molecular weight excluding hydrogens is 229 g/mol. The van der Waals surface area contributed by atoms with Gasteiger partial charge in [0.25, 0.3) is 6.01 Å². The molecule has 0 aromatic carbocycles. The topological polar surface area (TPSA) is 66.6 Å². The van der Waals surface area contributed by atoms with Gasteiger partial charge in [-0.1, -0.05) is 0 Å². The fourth-order valence-electron chi connectivity index (χ4n) is 1.29. The summed E-state index contributed by atoms with van der Waals surface area (Å²) < 4.78 is 41.8. The number of hydrogen-bond donors (Lipinski definition) is 1. The summed E-state index contributed by atoms with van der Waals surface area (Å²) in [6.07, 6.45) is -3.99. The normalized spacial score (nSPS) is 16.1. The summed E-state index contributed by atoms with van der Waals surface area (Å²) in [4.78, 5) is 15.2. The van der Waals surface area contributed by atoms with Crippen LogP contribution in [0.25, 0.3) is 0 Å². The molecule has 1 fully saturated rings. The Hall–Kier alpha value is -1.73. The van der Waals surface area contributed by atoms with Gasteiger partial charge in [0.2, 0.25) is 5.76 Å². The highest BCUT2D eigenvalue weighted by Crippen LogP contribution is 2.34. The van der Waals surface area contributed by atoms with E-state index in [-0.39, 0.29) is 6.01 Å². The maximum atomic E-state index is 12.4. The number of hydrogen-bond acceptors (Lipinski definition) is 4. The molecule has 1 N–H and O–H groups in total. The zero-order chi connectivity index (χ0) is 11.9. The third-order valence-electron chi connectivity index (χ3n) is 2.21. The van der Waals surface area contributed by atoms with Crippen LogP contribution in [-0.2, 0) is 6.18 Å². The fourth-order valence-corrected chi connectivity index (χ4v) is 1.29. The summed E-state index contributed by atoms with van der Waals surface area (Å²) in [5.41, 5.74) is -1.48. The lowest BCUT2D eigenvalue weighted by atomic mass is 10.2. The number of rotatable bonds is 2. The van der Waals surface area contributed by atoms with Gasteiger partial charge in [-0.15, -0.1) is 0 Å². The smallest absolute Gasteiger partial charge is 0.437 e. The average Bonchev–Trinajstić information content (AvgIpc) is 2.44. The number of carbonyl (C=O) groups is 1. The monoisotopic (exact) mass is 236 g/mol. The van der Waals surface area contributed by atoms with E-state index in [4.69, 9.17) is 5.11 Å². The molecule has 1 aromatic rings. The van der Waals surface area contributed by atoms with E-state index in [1.54, 1.807) is 0 Å². The number of aromatic nitrogens is 1. The van der Waals surface area contributed by atoms with Crippen LogP contribution in [-0.4, -0.2) is 29.1 Å². The largest absolute Gasteiger partial charge is 0.475 e. The van der Waals surface area contributed by atoms with Gasteiger partial charge in [-0.05, 0) is 6.42 Å². The average molecular weight is 236 g/mol. The summed E-state index contributed by atoms with van der Waals surface area (Å²) in [5, 5.41) is 8.56. The van der Waals surface area contributed by atoms with Gasteiger partial charge >= 0.3 is 12.1 Å². The van der Waals surface area contributed by atoms with Crippen LogP contribution in [0.5, 0.6) is 0 Å². The van der Waals surface area contributed by atoms with Crippen LogP contribution in [0.4, 0.5) is 19.2 Å². The predicted octanol–water partition coefficient (Wildman–Crippen LogP) is 1.60. The van der Waals surface area contributed by atoms with Crippen molar-refractivity contribution in [3.63, 3.8) is 0 Å². The Morgan fingerprint density at radius 1 is 1.44 bits per heavy atom. The van der Waals surface area contributed by atoms with E-state index in [0.717, 1.165) is 6.42 Å². The maximum absolute atomic E-state index is 12.4. The minimum Gasteiger partial charge on any atom is -0.475 e. The van der Waals surface area contributed by atoms with Gasteiger partial charge in [-0.25, -0.2) is 4.79 Å². The Kier molecular flexibility index (Phi) is 2.28. The molecule has 0 atom stereocenters. The molecule has 0 spiro atoms. The van der Waals surface area contributed by atoms with Gasteiger partial charge < -0.3 is 14.4 Å². The highest BCUT2D eigenvalue weighted by molar-refractivity contribution is 5.86. The summed E-state index contributed by atoms with van der Waals surface area (Å²) in [7, 11) is 0. The molecule has 88 valence electrons. The van der Waals surface area contributed by atoms with Crippen molar-refractivity contribution in [1.82, 2.24) is 4.98 Å². The van der Waals surface area contributed by atoms with E-state index >= 15 is 0 Å². The van der Waals surface area contributed by atoms with Crippen LogP contribution >= 0.6 is 0 Å². The molecular formula is C8H7F3N2O3. The predicted molar refractivity (Wildman–Crippen MR) is 45.3 cm³/mol. The van der Waals surface area contributed by atoms with Crippen molar-refractivity contribution in [2.24, 2.45) is 0 Å². The van der Waals surface area contributed by atoms with Crippen molar-refractivity contribution in [2.75, 3.05) is 18.0 Å². The first-order valence-corrected chi connectivity index (χ1v) is 4.46. The van der Waals surface area contributed by atoms with Gasteiger partial charge in [-0.3, -0.25) is 0 Å². The Morgan fingerprint density at radius 2 is 2.06 bits per heavy atom. The molecule has 0 radical (unpaired) electrons. The van der Waals surface area contributed by atoms with E-state index < -0.39 is 23.6 Å². The first-order chi connectivity index (χ1) is 7.39. The van der Waals surface area contributed by atoms with E-state index in [0.29, 0.717) is 13.1 Å². The van der Waals surface area contributed by atoms with Gasteiger partial charge in [0, 0.05) is 13.1 Å². The SMILES string of the molecule is O=C(O)c1oc(N2CCC2)nc1C(F)(F)F. The van der Waals surface area contributed by atoms with Crippen LogP contribution < -0.4 is 4.90 Å². The van der Waals surface area contributed by atoms with Gasteiger partial charge in [0.05, 0.1) is 0 Å². The standard InChI is InChI=1S/C8H7F3N2O3/c9-8(10,11)5-4(6(14)15)16-7(12-5)13-2-1-3-13/h1-3H2,(H,14,15).